The minimum atomic E-state index is -0.398. The van der Waals surface area contributed by atoms with Gasteiger partial charge < -0.3 is 29.9 Å². The Kier molecular flexibility index (Phi) is 6.80. The summed E-state index contributed by atoms with van der Waals surface area (Å²) in [5.41, 5.74) is 8.14. The fourth-order valence-electron chi connectivity index (χ4n) is 5.52. The normalized spacial score (nSPS) is 21.3. The quantitative estimate of drug-likeness (QED) is 0.545. The lowest BCUT2D eigenvalue weighted by Gasteiger charge is -2.59. The van der Waals surface area contributed by atoms with Crippen LogP contribution >= 0.6 is 11.6 Å². The van der Waals surface area contributed by atoms with Crippen molar-refractivity contribution in [2.45, 2.75) is 38.8 Å². The summed E-state index contributed by atoms with van der Waals surface area (Å²) in [6, 6.07) is 3.42. The highest BCUT2D eigenvalue weighted by Gasteiger charge is 2.51. The van der Waals surface area contributed by atoms with E-state index in [0.29, 0.717) is 33.8 Å². The third-order valence-electron chi connectivity index (χ3n) is 6.96. The van der Waals surface area contributed by atoms with Gasteiger partial charge >= 0.3 is 0 Å². The van der Waals surface area contributed by atoms with E-state index >= 15 is 4.39 Å². The molecule has 3 N–H and O–H groups in total. The summed E-state index contributed by atoms with van der Waals surface area (Å²) in [5, 5.41) is 9.11. The fraction of sp³-hybridized carbons (Fsp3) is 0.560. The lowest BCUT2D eigenvalue weighted by Crippen LogP contribution is -2.71. The maximum absolute atomic E-state index is 15.1. The first-order chi connectivity index (χ1) is 17.2. The van der Waals surface area contributed by atoms with Gasteiger partial charge in [-0.15, -0.1) is 0 Å². The second-order valence-electron chi connectivity index (χ2n) is 10.5. The predicted octanol–water partition coefficient (Wildman–Crippen LogP) is 3.36. The third kappa shape index (κ3) is 4.74. The molecular formula is C25H33ClFN7O2. The molecule has 0 aliphatic carbocycles. The van der Waals surface area contributed by atoms with Gasteiger partial charge in [0.05, 0.1) is 35.1 Å². The molecule has 3 aliphatic heterocycles. The number of aliphatic hydroxyl groups is 1. The zero-order valence-corrected chi connectivity index (χ0v) is 21.7. The minimum absolute atomic E-state index is 0.0966. The van der Waals surface area contributed by atoms with E-state index in [2.05, 4.69) is 50.2 Å². The van der Waals surface area contributed by atoms with Gasteiger partial charge in [-0.25, -0.2) is 19.3 Å². The molecule has 2 aromatic heterocycles. The van der Waals surface area contributed by atoms with E-state index in [-0.39, 0.29) is 18.1 Å². The molecule has 9 nitrogen and oxygen atoms in total. The van der Waals surface area contributed by atoms with Crippen LogP contribution in [0.2, 0.25) is 5.02 Å². The largest absolute Gasteiger partial charge is 0.391 e. The minimum Gasteiger partial charge on any atom is -0.391 e. The molecule has 5 heterocycles. The average molecular weight is 518 g/mol. The van der Waals surface area contributed by atoms with Crippen LogP contribution in [0.1, 0.15) is 32.7 Å². The first-order valence-corrected chi connectivity index (χ1v) is 12.7. The molecule has 3 aliphatic rings. The predicted molar refractivity (Wildman–Crippen MR) is 139 cm³/mol. The Hall–Kier alpha value is -2.53. The van der Waals surface area contributed by atoms with Crippen molar-refractivity contribution in [3.05, 3.63) is 29.2 Å². The molecule has 36 heavy (non-hydrogen) atoms. The SMILES string of the molecule is CC(C)n1c(N2CC3(CN(C)C3)C2)nc2c(F)cc(-c3nc(N)ncc3Cl)cc21.OC1CCCOC1. The number of nitrogens with two attached hydrogens (primary N) is 1. The van der Waals surface area contributed by atoms with Crippen LogP contribution in [0.3, 0.4) is 0 Å². The van der Waals surface area contributed by atoms with Crippen molar-refractivity contribution in [1.29, 1.82) is 0 Å². The summed E-state index contributed by atoms with van der Waals surface area (Å²) < 4.78 is 22.1. The monoisotopic (exact) mass is 517 g/mol. The number of imidazole rings is 1. The maximum Gasteiger partial charge on any atom is 0.220 e. The number of anilines is 2. The topological polar surface area (TPSA) is 106 Å². The maximum atomic E-state index is 15.1. The van der Waals surface area contributed by atoms with Crippen LogP contribution in [-0.2, 0) is 4.74 Å². The first kappa shape index (κ1) is 25.1. The molecule has 0 bridgehead atoms. The van der Waals surface area contributed by atoms with E-state index in [1.54, 1.807) is 0 Å². The molecule has 1 aromatic carbocycles. The van der Waals surface area contributed by atoms with Crippen molar-refractivity contribution >= 4 is 34.5 Å². The second-order valence-corrected chi connectivity index (χ2v) is 10.9. The number of aromatic nitrogens is 4. The van der Waals surface area contributed by atoms with Crippen molar-refractivity contribution in [3.63, 3.8) is 0 Å². The van der Waals surface area contributed by atoms with Crippen molar-refractivity contribution in [2.75, 3.05) is 57.1 Å². The Labute approximate surface area is 215 Å². The molecule has 194 valence electrons. The van der Waals surface area contributed by atoms with E-state index in [9.17, 15) is 0 Å². The Balaban J connectivity index is 0.000000330. The van der Waals surface area contributed by atoms with E-state index in [1.165, 1.54) is 12.3 Å². The highest BCUT2D eigenvalue weighted by atomic mass is 35.5. The molecule has 3 aromatic rings. The summed E-state index contributed by atoms with van der Waals surface area (Å²) in [4.78, 5) is 17.4. The van der Waals surface area contributed by atoms with Gasteiger partial charge in [-0.3, -0.25) is 0 Å². The number of benzene rings is 1. The zero-order chi connectivity index (χ0) is 25.6. The average Bonchev–Trinajstić information content (AvgIpc) is 3.17. The summed E-state index contributed by atoms with van der Waals surface area (Å²) in [6.45, 7) is 9.66. The number of likely N-dealkylation sites (tertiary alicyclic amines) is 1. The van der Waals surface area contributed by atoms with Crippen LogP contribution in [0.5, 0.6) is 0 Å². The van der Waals surface area contributed by atoms with Crippen LogP contribution in [0.4, 0.5) is 16.3 Å². The number of rotatable bonds is 3. The second kappa shape index (κ2) is 9.74. The number of nitrogen functional groups attached to an aromatic ring is 1. The highest BCUT2D eigenvalue weighted by molar-refractivity contribution is 6.33. The molecule has 6 rings (SSSR count). The Morgan fingerprint density at radius 3 is 2.56 bits per heavy atom. The van der Waals surface area contributed by atoms with Gasteiger partial charge in [-0.1, -0.05) is 11.6 Å². The number of nitrogens with zero attached hydrogens (tertiary/aromatic N) is 6. The summed E-state index contributed by atoms with van der Waals surface area (Å²) in [7, 11) is 2.14. The first-order valence-electron chi connectivity index (χ1n) is 12.3. The van der Waals surface area contributed by atoms with Crippen LogP contribution in [-0.4, -0.2) is 82.1 Å². The van der Waals surface area contributed by atoms with Gasteiger partial charge in [0.15, 0.2) is 5.82 Å². The van der Waals surface area contributed by atoms with Crippen LogP contribution in [0.15, 0.2) is 18.3 Å². The highest BCUT2D eigenvalue weighted by Crippen LogP contribution is 2.43. The van der Waals surface area contributed by atoms with Crippen molar-refractivity contribution in [3.8, 4) is 11.3 Å². The smallest absolute Gasteiger partial charge is 0.220 e. The number of halogens is 2. The van der Waals surface area contributed by atoms with Gasteiger partial charge in [0, 0.05) is 49.8 Å². The van der Waals surface area contributed by atoms with Crippen molar-refractivity contribution < 1.29 is 14.2 Å². The molecule has 1 unspecified atom stereocenters. The summed E-state index contributed by atoms with van der Waals surface area (Å²) in [6.07, 6.45) is 3.18. The van der Waals surface area contributed by atoms with E-state index in [0.717, 1.165) is 57.1 Å². The van der Waals surface area contributed by atoms with Crippen molar-refractivity contribution in [2.24, 2.45) is 5.41 Å². The van der Waals surface area contributed by atoms with E-state index < -0.39 is 5.82 Å². The molecule has 0 radical (unpaired) electrons. The van der Waals surface area contributed by atoms with Gasteiger partial charge in [0.1, 0.15) is 5.52 Å². The molecule has 0 saturated carbocycles. The molecule has 1 spiro atoms. The molecular weight excluding hydrogens is 485 g/mol. The number of fused-ring (bicyclic) bond motifs is 1. The fourth-order valence-corrected chi connectivity index (χ4v) is 5.72. The molecule has 3 fully saturated rings. The third-order valence-corrected chi connectivity index (χ3v) is 7.24. The molecule has 1 atom stereocenters. The molecule has 11 heteroatoms. The van der Waals surface area contributed by atoms with Crippen LogP contribution < -0.4 is 10.6 Å². The van der Waals surface area contributed by atoms with Gasteiger partial charge in [-0.2, -0.15) is 0 Å². The number of hydrogen-bond acceptors (Lipinski definition) is 8. The Bertz CT molecular complexity index is 1250. The number of hydrogen-bond donors (Lipinski definition) is 2. The Morgan fingerprint density at radius 1 is 1.22 bits per heavy atom. The lowest BCUT2D eigenvalue weighted by molar-refractivity contribution is -0.00535. The van der Waals surface area contributed by atoms with Crippen LogP contribution in [0, 0.1) is 11.2 Å². The van der Waals surface area contributed by atoms with E-state index in [1.807, 2.05) is 6.07 Å². The lowest BCUT2D eigenvalue weighted by atomic mass is 9.73. The zero-order valence-electron chi connectivity index (χ0n) is 20.9. The van der Waals surface area contributed by atoms with Crippen molar-refractivity contribution in [1.82, 2.24) is 24.4 Å². The van der Waals surface area contributed by atoms with E-state index in [4.69, 9.17) is 27.2 Å². The van der Waals surface area contributed by atoms with Crippen LogP contribution in [0.25, 0.3) is 22.3 Å². The standard InChI is InChI=1S/C20H23ClFN7.C5H10O2/c1-11(2)29-15-5-12(16-13(21)6-24-18(23)25-16)4-14(22)17(15)26-19(29)28-9-20(10-28)7-27(3)8-20;6-5-2-1-3-7-4-5/h4-6,11H,7-10H2,1-3H3,(H2,23,24,25);5-6H,1-4H2. The number of ether oxygens (including phenoxy) is 1. The van der Waals surface area contributed by atoms with Gasteiger partial charge in [-0.05, 0) is 45.9 Å². The molecule has 0 amide bonds. The summed E-state index contributed by atoms with van der Waals surface area (Å²) in [5.74, 6) is 0.517. The van der Waals surface area contributed by atoms with Gasteiger partial charge in [0.2, 0.25) is 11.9 Å². The van der Waals surface area contributed by atoms with Gasteiger partial charge in [0.25, 0.3) is 0 Å². The number of aliphatic hydroxyl groups excluding tert-OH is 1. The molecule has 3 saturated heterocycles. The Morgan fingerprint density at radius 2 is 1.97 bits per heavy atom. The summed E-state index contributed by atoms with van der Waals surface area (Å²) >= 11 is 6.25.